The maximum atomic E-state index is 12.9. The number of nitrogens with one attached hydrogen (secondary N) is 1. The lowest BCUT2D eigenvalue weighted by molar-refractivity contribution is -0.115. The minimum Gasteiger partial charge on any atom is -0.336 e. The lowest BCUT2D eigenvalue weighted by atomic mass is 10.1. The highest BCUT2D eigenvalue weighted by molar-refractivity contribution is 7.99. The van der Waals surface area contributed by atoms with E-state index < -0.39 is 9.84 Å². The topological polar surface area (TPSA) is 86.8 Å². The van der Waals surface area contributed by atoms with Crippen molar-refractivity contribution in [3.63, 3.8) is 0 Å². The lowest BCUT2D eigenvalue weighted by Gasteiger charge is -2.37. The van der Waals surface area contributed by atoms with Crippen LogP contribution in [0.15, 0.2) is 23.1 Å². The Balaban J connectivity index is 1.40. The molecule has 7 nitrogen and oxygen atoms in total. The minimum absolute atomic E-state index is 0.0222. The van der Waals surface area contributed by atoms with Gasteiger partial charge in [-0.2, -0.15) is 0 Å². The van der Waals surface area contributed by atoms with Crippen molar-refractivity contribution in [3.05, 3.63) is 23.8 Å². The second-order valence-corrected chi connectivity index (χ2v) is 10.6. The molecule has 2 amide bonds. The smallest absolute Gasteiger partial charge is 0.254 e. The largest absolute Gasteiger partial charge is 0.336 e. The molecule has 3 heterocycles. The van der Waals surface area contributed by atoms with E-state index in [2.05, 4.69) is 10.2 Å². The van der Waals surface area contributed by atoms with Gasteiger partial charge in [-0.05, 0) is 24.6 Å². The number of nitrogens with zero attached hydrogens (tertiary/aromatic N) is 2. The average Bonchev–Trinajstić information content (AvgIpc) is 2.91. The first-order valence-electron chi connectivity index (χ1n) is 9.22. The Hall–Kier alpha value is -1.58. The maximum Gasteiger partial charge on any atom is 0.254 e. The number of benzene rings is 1. The summed E-state index contributed by atoms with van der Waals surface area (Å²) in [5.74, 6) is 1.19. The number of piperazine rings is 1. The molecule has 4 rings (SSSR count). The van der Waals surface area contributed by atoms with Gasteiger partial charge in [-0.1, -0.05) is 0 Å². The zero-order valence-electron chi connectivity index (χ0n) is 15.0. The molecule has 0 saturated carbocycles. The molecule has 3 aliphatic heterocycles. The van der Waals surface area contributed by atoms with Crippen LogP contribution in [0.1, 0.15) is 23.2 Å². The Kier molecular flexibility index (Phi) is 5.17. The molecule has 1 aromatic carbocycles. The predicted octanol–water partition coefficient (Wildman–Crippen LogP) is 1.07. The van der Waals surface area contributed by atoms with Crippen LogP contribution in [0.5, 0.6) is 0 Å². The summed E-state index contributed by atoms with van der Waals surface area (Å²) in [5.41, 5.74) is 1.29. The van der Waals surface area contributed by atoms with Crippen molar-refractivity contribution in [1.29, 1.82) is 0 Å². The van der Waals surface area contributed by atoms with Gasteiger partial charge in [0.2, 0.25) is 5.91 Å². The van der Waals surface area contributed by atoms with E-state index in [9.17, 15) is 18.0 Å². The van der Waals surface area contributed by atoms with Crippen LogP contribution < -0.4 is 5.32 Å². The number of hydrogen-bond acceptors (Lipinski definition) is 6. The minimum atomic E-state index is -2.89. The summed E-state index contributed by atoms with van der Waals surface area (Å²) in [6.45, 7) is 2.58. The van der Waals surface area contributed by atoms with E-state index >= 15 is 0 Å². The van der Waals surface area contributed by atoms with Crippen LogP contribution in [-0.4, -0.2) is 79.5 Å². The number of carbonyl (C=O) groups is 2. The monoisotopic (exact) mass is 409 g/mol. The van der Waals surface area contributed by atoms with Crippen molar-refractivity contribution < 1.29 is 18.0 Å². The van der Waals surface area contributed by atoms with Crippen molar-refractivity contribution >= 4 is 39.1 Å². The van der Waals surface area contributed by atoms with E-state index in [1.807, 2.05) is 17.0 Å². The molecule has 0 unspecified atom stereocenters. The summed E-state index contributed by atoms with van der Waals surface area (Å²) in [7, 11) is -2.89. The quantitative estimate of drug-likeness (QED) is 0.786. The first kappa shape index (κ1) is 18.8. The summed E-state index contributed by atoms with van der Waals surface area (Å²) in [6.07, 6.45) is 1.17. The van der Waals surface area contributed by atoms with Crippen LogP contribution >= 0.6 is 11.8 Å². The molecular weight excluding hydrogens is 386 g/mol. The predicted molar refractivity (Wildman–Crippen MR) is 105 cm³/mol. The van der Waals surface area contributed by atoms with Gasteiger partial charge in [-0.25, -0.2) is 8.42 Å². The summed E-state index contributed by atoms with van der Waals surface area (Å²) >= 11 is 1.62. The lowest BCUT2D eigenvalue weighted by Crippen LogP contribution is -2.52. The van der Waals surface area contributed by atoms with Crippen LogP contribution in [0, 0.1) is 0 Å². The van der Waals surface area contributed by atoms with E-state index in [1.165, 1.54) is 0 Å². The Morgan fingerprint density at radius 3 is 2.67 bits per heavy atom. The zero-order valence-corrected chi connectivity index (χ0v) is 16.7. The Morgan fingerprint density at radius 2 is 1.96 bits per heavy atom. The van der Waals surface area contributed by atoms with E-state index in [1.54, 1.807) is 17.8 Å². The van der Waals surface area contributed by atoms with Gasteiger partial charge < -0.3 is 10.2 Å². The maximum absolute atomic E-state index is 12.9. The fourth-order valence-electron chi connectivity index (χ4n) is 3.89. The molecule has 0 spiro atoms. The molecule has 0 bridgehead atoms. The molecule has 0 aliphatic carbocycles. The number of carbonyl (C=O) groups excluding carboxylic acids is 2. The molecule has 0 radical (unpaired) electrons. The third-order valence-corrected chi connectivity index (χ3v) is 8.24. The van der Waals surface area contributed by atoms with E-state index in [0.29, 0.717) is 50.3 Å². The molecule has 9 heteroatoms. The third-order valence-electron chi connectivity index (χ3n) is 5.41. The number of amides is 2. The molecule has 0 aromatic heterocycles. The SMILES string of the molecule is O=C1CCSc2ccc(C(=O)N3CCN([C@H]4CCS(=O)(=O)C4)CC3)cc2N1. The van der Waals surface area contributed by atoms with Gasteiger partial charge >= 0.3 is 0 Å². The Morgan fingerprint density at radius 1 is 1.19 bits per heavy atom. The van der Waals surface area contributed by atoms with E-state index in [4.69, 9.17) is 0 Å². The number of sulfone groups is 1. The normalized spacial score (nSPS) is 25.6. The van der Waals surface area contributed by atoms with Crippen LogP contribution in [0.25, 0.3) is 0 Å². The van der Waals surface area contributed by atoms with Crippen LogP contribution in [0.2, 0.25) is 0 Å². The molecule has 3 aliphatic rings. The molecule has 1 N–H and O–H groups in total. The van der Waals surface area contributed by atoms with Crippen molar-refractivity contribution in [2.24, 2.45) is 0 Å². The summed E-state index contributed by atoms with van der Waals surface area (Å²) in [6, 6.07) is 5.58. The second-order valence-electron chi connectivity index (χ2n) is 7.24. The van der Waals surface area contributed by atoms with Gasteiger partial charge in [0.15, 0.2) is 9.84 Å². The fraction of sp³-hybridized carbons (Fsp3) is 0.556. The van der Waals surface area contributed by atoms with Crippen molar-refractivity contribution in [2.75, 3.05) is 48.8 Å². The number of fused-ring (bicyclic) bond motifs is 1. The van der Waals surface area contributed by atoms with Gasteiger partial charge in [-0.15, -0.1) is 11.8 Å². The fourth-order valence-corrected chi connectivity index (χ4v) is 6.59. The highest BCUT2D eigenvalue weighted by Gasteiger charge is 2.34. The van der Waals surface area contributed by atoms with Gasteiger partial charge in [0.25, 0.3) is 5.91 Å². The van der Waals surface area contributed by atoms with Crippen molar-refractivity contribution in [3.8, 4) is 0 Å². The van der Waals surface area contributed by atoms with E-state index in [0.717, 1.165) is 10.6 Å². The van der Waals surface area contributed by atoms with Gasteiger partial charge in [0.1, 0.15) is 0 Å². The number of hydrogen-bond donors (Lipinski definition) is 1. The summed E-state index contributed by atoms with van der Waals surface area (Å²) < 4.78 is 23.4. The molecule has 27 heavy (non-hydrogen) atoms. The second kappa shape index (κ2) is 7.44. The highest BCUT2D eigenvalue weighted by atomic mass is 32.2. The molecule has 2 saturated heterocycles. The number of rotatable bonds is 2. The standard InChI is InChI=1S/C18H23N3O4S2/c22-17-3-9-26-16-2-1-13(11-15(16)19-17)18(23)21-7-5-20(6-8-21)14-4-10-27(24,25)12-14/h1-2,11,14H,3-10,12H2,(H,19,22)/t14-/m0/s1. The van der Waals surface area contributed by atoms with Crippen molar-refractivity contribution in [1.82, 2.24) is 9.80 Å². The Bertz CT molecular complexity index is 863. The first-order chi connectivity index (χ1) is 12.9. The molecule has 1 atom stereocenters. The number of thioether (sulfide) groups is 1. The molecule has 146 valence electrons. The van der Waals surface area contributed by atoms with E-state index in [-0.39, 0.29) is 29.4 Å². The molecule has 1 aromatic rings. The van der Waals surface area contributed by atoms with Gasteiger partial charge in [0.05, 0.1) is 17.2 Å². The van der Waals surface area contributed by atoms with Crippen LogP contribution in [0.3, 0.4) is 0 Å². The summed E-state index contributed by atoms with van der Waals surface area (Å²) in [4.78, 5) is 29.6. The average molecular weight is 410 g/mol. The van der Waals surface area contributed by atoms with Gasteiger partial charge in [0, 0.05) is 54.9 Å². The summed E-state index contributed by atoms with van der Waals surface area (Å²) in [5, 5.41) is 2.88. The molecular formula is C18H23N3O4S2. The van der Waals surface area contributed by atoms with Crippen LogP contribution in [-0.2, 0) is 14.6 Å². The first-order valence-corrected chi connectivity index (χ1v) is 12.0. The van der Waals surface area contributed by atoms with Crippen LogP contribution in [0.4, 0.5) is 5.69 Å². The third kappa shape index (κ3) is 4.14. The highest BCUT2D eigenvalue weighted by Crippen LogP contribution is 2.32. The number of anilines is 1. The van der Waals surface area contributed by atoms with Crippen molar-refractivity contribution in [2.45, 2.75) is 23.8 Å². The Labute approximate surface area is 163 Å². The zero-order chi connectivity index (χ0) is 19.0. The molecule has 2 fully saturated rings. The van der Waals surface area contributed by atoms with Gasteiger partial charge in [-0.3, -0.25) is 14.5 Å².